The third kappa shape index (κ3) is 3.86. The van der Waals surface area contributed by atoms with Crippen molar-refractivity contribution in [2.45, 2.75) is 9.79 Å². The van der Waals surface area contributed by atoms with Crippen LogP contribution in [0.2, 0.25) is 0 Å². The van der Waals surface area contributed by atoms with E-state index >= 15 is 0 Å². The fourth-order valence-corrected chi connectivity index (χ4v) is 8.67. The van der Waals surface area contributed by atoms with Crippen molar-refractivity contribution in [1.29, 1.82) is 0 Å². The normalized spacial score (nSPS) is 11.2. The molecule has 0 radical (unpaired) electrons. The zero-order chi connectivity index (χ0) is 11.2. The quantitative estimate of drug-likeness (QED) is 0.716. The monoisotopic (exact) mass is 266 g/mol. The minimum absolute atomic E-state index is 0.822. The van der Waals surface area contributed by atoms with Crippen molar-refractivity contribution in [2.24, 2.45) is 0 Å². The van der Waals surface area contributed by atoms with E-state index in [2.05, 4.69) is 67.3 Å². The van der Waals surface area contributed by atoms with Crippen molar-refractivity contribution in [3.8, 4) is 0 Å². The van der Waals surface area contributed by atoms with E-state index in [9.17, 15) is 0 Å². The van der Waals surface area contributed by atoms with E-state index in [1.165, 1.54) is 9.79 Å². The van der Waals surface area contributed by atoms with Crippen molar-refractivity contribution in [3.05, 3.63) is 60.7 Å². The van der Waals surface area contributed by atoms with Gasteiger partial charge in [-0.1, -0.05) is 0 Å². The van der Waals surface area contributed by atoms with Crippen molar-refractivity contribution in [2.75, 3.05) is 6.66 Å². The molecule has 0 aliphatic carbocycles. The van der Waals surface area contributed by atoms with Crippen LogP contribution in [0, 0.1) is 0 Å². The van der Waals surface area contributed by atoms with Crippen LogP contribution in [-0.4, -0.2) is 6.66 Å². The molecule has 0 bridgehead atoms. The molecule has 0 N–H and O–H groups in total. The van der Waals surface area contributed by atoms with Gasteiger partial charge >= 0.3 is 106 Å². The fourth-order valence-electron chi connectivity index (χ4n) is 1.41. The van der Waals surface area contributed by atoms with E-state index in [4.69, 9.17) is 0 Å². The Morgan fingerprint density at radius 3 is 1.44 bits per heavy atom. The van der Waals surface area contributed by atoms with Gasteiger partial charge < -0.3 is 0 Å². The number of hydrogen-bond acceptors (Lipinski definition) is 2. The van der Waals surface area contributed by atoms with Crippen LogP contribution in [-0.2, 0) is 0 Å². The molecule has 0 aliphatic rings. The van der Waals surface area contributed by atoms with Crippen molar-refractivity contribution >= 4 is 29.1 Å². The average molecular weight is 266 g/mol. The van der Waals surface area contributed by atoms with Gasteiger partial charge in [0.05, 0.1) is 0 Å². The van der Waals surface area contributed by atoms with E-state index in [1.54, 1.807) is 0 Å². The summed E-state index contributed by atoms with van der Waals surface area (Å²) in [4.78, 5) is 2.79. The molecule has 2 rings (SSSR count). The molecule has 84 valence electrons. The van der Waals surface area contributed by atoms with Gasteiger partial charge in [0.2, 0.25) is 0 Å². The molecule has 0 fully saturated rings. The molecule has 0 unspecified atom stereocenters. The third-order valence-electron chi connectivity index (χ3n) is 2.09. The average Bonchev–Trinajstić information content (AvgIpc) is 2.31. The fraction of sp³-hybridized carbons (Fsp3) is 0.0769. The molecule has 0 spiro atoms. The Balaban J connectivity index is 1.92. The third-order valence-corrected chi connectivity index (χ3v) is 9.20. The van der Waals surface area contributed by atoms with Gasteiger partial charge in [0.15, 0.2) is 0 Å². The predicted molar refractivity (Wildman–Crippen MR) is 80.2 cm³/mol. The van der Waals surface area contributed by atoms with Crippen molar-refractivity contribution < 1.29 is 0 Å². The first-order chi connectivity index (χ1) is 7.84. The van der Waals surface area contributed by atoms with Crippen LogP contribution in [0.1, 0.15) is 0 Å². The topological polar surface area (TPSA) is 0 Å². The summed E-state index contributed by atoms with van der Waals surface area (Å²) in [6.07, 6.45) is -0.822. The van der Waals surface area contributed by atoms with E-state index < -0.39 is 6.33 Å². The minimum atomic E-state index is -0.822. The van der Waals surface area contributed by atoms with Crippen molar-refractivity contribution in [3.63, 3.8) is 0 Å². The Kier molecular flexibility index (Phi) is 4.77. The molecule has 16 heavy (non-hydrogen) atoms. The predicted octanol–water partition coefficient (Wildman–Crippen LogP) is 4.98. The number of hydrogen-bond donors (Lipinski definition) is 0. The first kappa shape index (κ1) is 12.0. The van der Waals surface area contributed by atoms with Gasteiger partial charge in [-0.05, 0) is 0 Å². The zero-order valence-corrected chi connectivity index (χ0v) is 12.0. The molecule has 0 saturated carbocycles. The van der Waals surface area contributed by atoms with Crippen LogP contribution in [0.25, 0.3) is 0 Å². The maximum atomic E-state index is 2.38. The Morgan fingerprint density at radius 2 is 1.06 bits per heavy atom. The Morgan fingerprint density at radius 1 is 0.688 bits per heavy atom. The van der Waals surface area contributed by atoms with Gasteiger partial charge in [0, 0.05) is 0 Å². The summed E-state index contributed by atoms with van der Waals surface area (Å²) < 4.78 is 0. The second kappa shape index (κ2) is 6.34. The molecule has 3 heteroatoms. The van der Waals surface area contributed by atoms with Gasteiger partial charge in [-0.25, -0.2) is 0 Å². The standard InChI is InChI=1S/C13H15PS2/c1-14(15-12-8-4-2-5-9-12)16-13-10-6-3-7-11-13/h2-11H,14H2,1H3. The molecule has 0 saturated heterocycles. The van der Waals surface area contributed by atoms with Crippen LogP contribution in [0.4, 0.5) is 0 Å². The molecule has 2 aromatic carbocycles. The van der Waals surface area contributed by atoms with Crippen molar-refractivity contribution in [1.82, 2.24) is 0 Å². The molecule has 0 aliphatic heterocycles. The summed E-state index contributed by atoms with van der Waals surface area (Å²) in [5.41, 5.74) is 0. The molecule has 0 aromatic heterocycles. The summed E-state index contributed by atoms with van der Waals surface area (Å²) in [6, 6.07) is 21.3. The molecule has 0 heterocycles. The van der Waals surface area contributed by atoms with Crippen LogP contribution in [0.15, 0.2) is 70.5 Å². The Labute approximate surface area is 106 Å². The summed E-state index contributed by atoms with van der Waals surface area (Å²) in [6.45, 7) is 2.38. The Bertz CT molecular complexity index is 375. The Hall–Kier alpha value is -0.430. The van der Waals surface area contributed by atoms with Crippen LogP contribution < -0.4 is 0 Å². The van der Waals surface area contributed by atoms with Gasteiger partial charge in [0.1, 0.15) is 0 Å². The van der Waals surface area contributed by atoms with Gasteiger partial charge in [-0.2, -0.15) is 0 Å². The molecular formula is C13H15PS2. The maximum absolute atomic E-state index is 2.38. The van der Waals surface area contributed by atoms with E-state index in [0.717, 1.165) is 0 Å². The van der Waals surface area contributed by atoms with Gasteiger partial charge in [0.25, 0.3) is 0 Å². The van der Waals surface area contributed by atoms with Crippen LogP contribution in [0.3, 0.4) is 0 Å². The van der Waals surface area contributed by atoms with E-state index in [0.29, 0.717) is 0 Å². The molecule has 2 aromatic rings. The van der Waals surface area contributed by atoms with Gasteiger partial charge in [-0.3, -0.25) is 0 Å². The SMILES string of the molecule is C[PH2](Sc1ccccc1)Sc1ccccc1. The second-order valence-electron chi connectivity index (χ2n) is 3.43. The number of benzene rings is 2. The summed E-state index contributed by atoms with van der Waals surface area (Å²) in [7, 11) is 0. The molecular weight excluding hydrogens is 251 g/mol. The van der Waals surface area contributed by atoms with E-state index in [-0.39, 0.29) is 0 Å². The summed E-state index contributed by atoms with van der Waals surface area (Å²) in [5, 5.41) is 0. The molecule has 0 nitrogen and oxygen atoms in total. The second-order valence-corrected chi connectivity index (χ2v) is 12.5. The van der Waals surface area contributed by atoms with Gasteiger partial charge in [-0.15, -0.1) is 0 Å². The first-order valence-corrected chi connectivity index (χ1v) is 11.0. The molecule has 0 amide bonds. The molecule has 0 atom stereocenters. The summed E-state index contributed by atoms with van der Waals surface area (Å²) >= 11 is 4.08. The number of rotatable bonds is 4. The van der Waals surface area contributed by atoms with Crippen LogP contribution >= 0.6 is 29.1 Å². The van der Waals surface area contributed by atoms with Crippen LogP contribution in [0.5, 0.6) is 0 Å². The summed E-state index contributed by atoms with van der Waals surface area (Å²) in [5.74, 6) is 0. The van der Waals surface area contributed by atoms with E-state index in [1.807, 2.05) is 22.8 Å². The first-order valence-electron chi connectivity index (χ1n) is 5.28. The zero-order valence-electron chi connectivity index (χ0n) is 9.17.